The highest BCUT2D eigenvalue weighted by Crippen LogP contribution is 2.34. The maximum absolute atomic E-state index is 10.3. The molecule has 1 saturated heterocycles. The van der Waals surface area contributed by atoms with Crippen molar-refractivity contribution in [3.05, 3.63) is 44.4 Å². The van der Waals surface area contributed by atoms with Gasteiger partial charge in [-0.2, -0.15) is 0 Å². The Labute approximate surface area is 166 Å². The number of benzene rings is 1. The Morgan fingerprint density at radius 1 is 1.11 bits per heavy atom. The number of aromatic nitrogens is 2. The summed E-state index contributed by atoms with van der Waals surface area (Å²) in [7, 11) is 0. The Bertz CT molecular complexity index is 772. The quantitative estimate of drug-likeness (QED) is 0.562. The number of aliphatic hydroxyl groups is 4. The lowest BCUT2D eigenvalue weighted by Gasteiger charge is -2.40. The smallest absolute Gasteiger partial charge is 0.121 e. The van der Waals surface area contributed by atoms with E-state index in [2.05, 4.69) is 17.1 Å². The molecular weight excluding hydrogens is 392 g/mol. The van der Waals surface area contributed by atoms with Crippen LogP contribution in [0.3, 0.4) is 0 Å². The average molecular weight is 415 g/mol. The number of hydrogen-bond acceptors (Lipinski definition) is 8. The van der Waals surface area contributed by atoms with Crippen LogP contribution in [0.4, 0.5) is 0 Å². The second-order valence-corrected chi connectivity index (χ2v) is 8.17. The van der Waals surface area contributed by atoms with Crippen LogP contribution < -0.4 is 0 Å². The van der Waals surface area contributed by atoms with Gasteiger partial charge in [0, 0.05) is 17.9 Å². The van der Waals surface area contributed by atoms with Crippen LogP contribution in [0.25, 0.3) is 0 Å². The van der Waals surface area contributed by atoms with Gasteiger partial charge in [-0.3, -0.25) is 0 Å². The molecule has 9 heteroatoms. The van der Waals surface area contributed by atoms with Crippen LogP contribution in [0.2, 0.25) is 5.02 Å². The van der Waals surface area contributed by atoms with Gasteiger partial charge in [0.1, 0.15) is 40.5 Å². The van der Waals surface area contributed by atoms with Crippen molar-refractivity contribution in [1.82, 2.24) is 10.2 Å². The first-order valence-corrected chi connectivity index (χ1v) is 10.0. The number of rotatable bonds is 6. The zero-order chi connectivity index (χ0) is 19.6. The molecule has 7 nitrogen and oxygen atoms in total. The third kappa shape index (κ3) is 4.48. The predicted octanol–water partition coefficient (Wildman–Crippen LogP) is 1.25. The first-order chi connectivity index (χ1) is 12.9. The van der Waals surface area contributed by atoms with Gasteiger partial charge in [-0.25, -0.2) is 0 Å². The largest absolute Gasteiger partial charge is 0.394 e. The molecule has 4 N–H and O–H groups in total. The van der Waals surface area contributed by atoms with Gasteiger partial charge in [0.25, 0.3) is 0 Å². The van der Waals surface area contributed by atoms with E-state index in [1.54, 1.807) is 29.5 Å². The fourth-order valence-electron chi connectivity index (χ4n) is 3.12. The second-order valence-electron chi connectivity index (χ2n) is 6.62. The zero-order valence-corrected chi connectivity index (χ0v) is 16.4. The van der Waals surface area contributed by atoms with E-state index in [9.17, 15) is 20.4 Å². The minimum Gasteiger partial charge on any atom is -0.394 e. The van der Waals surface area contributed by atoms with Crippen molar-refractivity contribution < 1.29 is 25.2 Å². The van der Waals surface area contributed by atoms with E-state index >= 15 is 0 Å². The standard InChI is InChI=1S/C18H23ClN2O5S/c1-2-3-13-20-21-14(27-13)7-10-6-9(4-5-11(10)19)18-17(25)16(24)15(23)12(8-22)26-18/h4-6,12,15-18,22-25H,2-3,7-8H2,1H3/t12-,15-,16+,17-,18+/m1/s1. The van der Waals surface area contributed by atoms with Crippen molar-refractivity contribution in [2.24, 2.45) is 0 Å². The highest BCUT2D eigenvalue weighted by molar-refractivity contribution is 7.11. The summed E-state index contributed by atoms with van der Waals surface area (Å²) in [6, 6.07) is 5.18. The summed E-state index contributed by atoms with van der Waals surface area (Å²) in [5.41, 5.74) is 1.40. The number of ether oxygens (including phenoxy) is 1. The molecule has 1 aliphatic heterocycles. The molecule has 0 aliphatic carbocycles. The van der Waals surface area contributed by atoms with Crippen molar-refractivity contribution in [3.63, 3.8) is 0 Å². The molecule has 148 valence electrons. The summed E-state index contributed by atoms with van der Waals surface area (Å²) in [5, 5.41) is 50.4. The first-order valence-electron chi connectivity index (χ1n) is 8.84. The third-order valence-electron chi connectivity index (χ3n) is 4.60. The molecule has 1 aromatic carbocycles. The fourth-order valence-corrected chi connectivity index (χ4v) is 4.28. The molecule has 1 aromatic heterocycles. The molecule has 0 spiro atoms. The molecule has 0 unspecified atom stereocenters. The number of aryl methyl sites for hydroxylation is 1. The van der Waals surface area contributed by atoms with Crippen LogP contribution in [0.15, 0.2) is 18.2 Å². The molecular formula is C18H23ClN2O5S. The van der Waals surface area contributed by atoms with Crippen LogP contribution in [0.1, 0.15) is 40.6 Å². The van der Waals surface area contributed by atoms with E-state index in [0.717, 1.165) is 28.4 Å². The van der Waals surface area contributed by atoms with Gasteiger partial charge in [0.15, 0.2) is 0 Å². The summed E-state index contributed by atoms with van der Waals surface area (Å²) in [6.07, 6.45) is -3.58. The lowest BCUT2D eigenvalue weighted by Crippen LogP contribution is -2.55. The molecule has 27 heavy (non-hydrogen) atoms. The molecule has 5 atom stereocenters. The maximum atomic E-state index is 10.3. The van der Waals surface area contributed by atoms with Crippen LogP contribution in [0.5, 0.6) is 0 Å². The summed E-state index contributed by atoms with van der Waals surface area (Å²) < 4.78 is 5.62. The van der Waals surface area contributed by atoms with Crippen LogP contribution in [-0.2, 0) is 17.6 Å². The molecule has 2 aromatic rings. The normalized spacial score (nSPS) is 28.4. The van der Waals surface area contributed by atoms with Crippen LogP contribution in [0, 0.1) is 0 Å². The third-order valence-corrected chi connectivity index (χ3v) is 5.96. The van der Waals surface area contributed by atoms with Gasteiger partial charge >= 0.3 is 0 Å². The molecule has 0 radical (unpaired) electrons. The second kappa shape index (κ2) is 8.91. The Hall–Kier alpha value is -1.13. The lowest BCUT2D eigenvalue weighted by atomic mass is 9.90. The minimum absolute atomic E-state index is 0.465. The van der Waals surface area contributed by atoms with Gasteiger partial charge in [-0.05, 0) is 23.6 Å². The molecule has 1 aliphatic rings. The lowest BCUT2D eigenvalue weighted by molar-refractivity contribution is -0.231. The highest BCUT2D eigenvalue weighted by Gasteiger charge is 2.44. The van der Waals surface area contributed by atoms with Gasteiger partial charge in [0.05, 0.1) is 6.61 Å². The van der Waals surface area contributed by atoms with Crippen LogP contribution >= 0.6 is 22.9 Å². The van der Waals surface area contributed by atoms with Crippen LogP contribution in [-0.4, -0.2) is 61.6 Å². The fraction of sp³-hybridized carbons (Fsp3) is 0.556. The van der Waals surface area contributed by atoms with Gasteiger partial charge in [-0.1, -0.05) is 30.7 Å². The highest BCUT2D eigenvalue weighted by atomic mass is 35.5. The monoisotopic (exact) mass is 414 g/mol. The van der Waals surface area contributed by atoms with E-state index in [0.29, 0.717) is 17.0 Å². The minimum atomic E-state index is -1.42. The van der Waals surface area contributed by atoms with E-state index < -0.39 is 37.1 Å². The molecule has 1 fully saturated rings. The summed E-state index contributed by atoms with van der Waals surface area (Å²) in [6.45, 7) is 1.62. The van der Waals surface area contributed by atoms with E-state index in [-0.39, 0.29) is 0 Å². The molecule has 0 amide bonds. The molecule has 0 bridgehead atoms. The summed E-state index contributed by atoms with van der Waals surface area (Å²) >= 11 is 7.86. The van der Waals surface area contributed by atoms with Crippen molar-refractivity contribution in [2.75, 3.05) is 6.61 Å². The first kappa shape index (κ1) is 20.6. The Kier molecular flexibility index (Phi) is 6.80. The topological polar surface area (TPSA) is 116 Å². The Balaban J connectivity index is 1.83. The van der Waals surface area contributed by atoms with Gasteiger partial charge in [0.2, 0.25) is 0 Å². The SMILES string of the molecule is CCCc1nnc(Cc2cc([C@@H]3O[C@H](CO)[C@@H](O)[C@H](O)[C@H]3O)ccc2Cl)s1. The summed E-state index contributed by atoms with van der Waals surface area (Å²) in [5.74, 6) is 0. The average Bonchev–Trinajstić information content (AvgIpc) is 3.09. The molecule has 2 heterocycles. The molecule has 0 saturated carbocycles. The number of nitrogens with zero attached hydrogens (tertiary/aromatic N) is 2. The maximum Gasteiger partial charge on any atom is 0.121 e. The van der Waals surface area contributed by atoms with E-state index in [1.165, 1.54) is 0 Å². The zero-order valence-electron chi connectivity index (χ0n) is 14.8. The van der Waals surface area contributed by atoms with E-state index in [4.69, 9.17) is 16.3 Å². The Morgan fingerprint density at radius 2 is 1.85 bits per heavy atom. The summed E-state index contributed by atoms with van der Waals surface area (Å²) in [4.78, 5) is 0. The van der Waals surface area contributed by atoms with Gasteiger partial charge < -0.3 is 25.2 Å². The van der Waals surface area contributed by atoms with Crippen molar-refractivity contribution in [1.29, 1.82) is 0 Å². The van der Waals surface area contributed by atoms with Crippen molar-refractivity contribution in [3.8, 4) is 0 Å². The van der Waals surface area contributed by atoms with E-state index in [1.807, 2.05) is 0 Å². The number of aliphatic hydroxyl groups excluding tert-OH is 4. The Morgan fingerprint density at radius 3 is 2.56 bits per heavy atom. The van der Waals surface area contributed by atoms with Crippen molar-refractivity contribution >= 4 is 22.9 Å². The number of halogens is 1. The van der Waals surface area contributed by atoms with Gasteiger partial charge in [-0.15, -0.1) is 21.5 Å². The number of hydrogen-bond donors (Lipinski definition) is 4. The van der Waals surface area contributed by atoms with Crippen molar-refractivity contribution in [2.45, 2.75) is 56.7 Å². The predicted molar refractivity (Wildman–Crippen MR) is 101 cm³/mol. The molecule has 3 rings (SSSR count).